The largest absolute Gasteiger partial charge is 0.243 e. The van der Waals surface area contributed by atoms with Crippen molar-refractivity contribution >= 4 is 10.0 Å². The molecule has 0 fully saturated rings. The lowest BCUT2D eigenvalue weighted by Gasteiger charge is -2.08. The Morgan fingerprint density at radius 2 is 1.85 bits per heavy atom. The third-order valence-corrected chi connectivity index (χ3v) is 4.41. The first-order valence-corrected chi connectivity index (χ1v) is 7.77. The van der Waals surface area contributed by atoms with Gasteiger partial charge in [-0.25, -0.2) is 17.5 Å². The van der Waals surface area contributed by atoms with Gasteiger partial charge in [-0.1, -0.05) is 42.0 Å². The molecular weight excluding hydrogens is 277 g/mol. The fourth-order valence-electron chi connectivity index (χ4n) is 1.94. The van der Waals surface area contributed by atoms with E-state index in [-0.39, 0.29) is 11.4 Å². The number of halogens is 1. The predicted molar refractivity (Wildman–Crippen MR) is 76.5 cm³/mol. The van der Waals surface area contributed by atoms with Crippen LogP contribution in [0.4, 0.5) is 4.39 Å². The average Bonchev–Trinajstić information content (AvgIpc) is 2.39. The molecule has 0 atom stereocenters. The highest BCUT2D eigenvalue weighted by molar-refractivity contribution is 7.89. The first kappa shape index (κ1) is 14.7. The number of benzene rings is 2. The van der Waals surface area contributed by atoms with Gasteiger partial charge in [0.05, 0.1) is 0 Å². The summed E-state index contributed by atoms with van der Waals surface area (Å²) in [5.41, 5.74) is 2.17. The Hall–Kier alpha value is -1.72. The molecule has 2 aromatic carbocycles. The molecule has 0 saturated heterocycles. The maximum Gasteiger partial charge on any atom is 0.243 e. The molecule has 20 heavy (non-hydrogen) atoms. The van der Waals surface area contributed by atoms with Crippen LogP contribution >= 0.6 is 0 Å². The molecular formula is C15H16FNO2S. The minimum atomic E-state index is -3.80. The molecule has 0 unspecified atom stereocenters. The third kappa shape index (κ3) is 3.65. The zero-order valence-electron chi connectivity index (χ0n) is 11.1. The van der Waals surface area contributed by atoms with Gasteiger partial charge in [-0.05, 0) is 31.0 Å². The summed E-state index contributed by atoms with van der Waals surface area (Å²) in [6, 6.07) is 13.2. The van der Waals surface area contributed by atoms with Crippen LogP contribution in [-0.4, -0.2) is 15.0 Å². The standard InChI is InChI=1S/C15H16FNO2S/c1-12-5-4-6-13(11-12)9-10-17-20(18,19)15-8-3-2-7-14(15)16/h2-8,11,17H,9-10H2,1H3. The summed E-state index contributed by atoms with van der Waals surface area (Å²) in [6.45, 7) is 2.22. The number of rotatable bonds is 5. The summed E-state index contributed by atoms with van der Waals surface area (Å²) in [5, 5.41) is 0. The molecule has 2 aromatic rings. The van der Waals surface area contributed by atoms with Gasteiger partial charge in [0.15, 0.2) is 0 Å². The van der Waals surface area contributed by atoms with Gasteiger partial charge in [0.2, 0.25) is 10.0 Å². The van der Waals surface area contributed by atoms with E-state index in [0.717, 1.165) is 17.2 Å². The Labute approximate surface area is 118 Å². The van der Waals surface area contributed by atoms with Gasteiger partial charge in [-0.15, -0.1) is 0 Å². The SMILES string of the molecule is Cc1cccc(CCNS(=O)(=O)c2ccccc2F)c1. The molecule has 0 aliphatic rings. The second kappa shape index (κ2) is 6.15. The zero-order valence-corrected chi connectivity index (χ0v) is 12.0. The van der Waals surface area contributed by atoms with Crippen LogP contribution in [0.15, 0.2) is 53.4 Å². The maximum atomic E-state index is 13.5. The van der Waals surface area contributed by atoms with Crippen molar-refractivity contribution in [3.05, 3.63) is 65.5 Å². The highest BCUT2D eigenvalue weighted by atomic mass is 32.2. The van der Waals surface area contributed by atoms with Crippen molar-refractivity contribution in [2.75, 3.05) is 6.54 Å². The number of nitrogens with one attached hydrogen (secondary N) is 1. The van der Waals surface area contributed by atoms with Crippen molar-refractivity contribution in [3.63, 3.8) is 0 Å². The predicted octanol–water partition coefficient (Wildman–Crippen LogP) is 2.66. The van der Waals surface area contributed by atoms with E-state index in [2.05, 4.69) is 4.72 Å². The summed E-state index contributed by atoms with van der Waals surface area (Å²) >= 11 is 0. The first-order valence-electron chi connectivity index (χ1n) is 6.29. The third-order valence-electron chi connectivity index (χ3n) is 2.91. The van der Waals surface area contributed by atoms with E-state index >= 15 is 0 Å². The van der Waals surface area contributed by atoms with E-state index in [9.17, 15) is 12.8 Å². The number of hydrogen-bond donors (Lipinski definition) is 1. The minimum Gasteiger partial charge on any atom is -0.211 e. The van der Waals surface area contributed by atoms with Crippen LogP contribution in [0.2, 0.25) is 0 Å². The maximum absolute atomic E-state index is 13.5. The van der Waals surface area contributed by atoms with Gasteiger partial charge >= 0.3 is 0 Å². The topological polar surface area (TPSA) is 46.2 Å². The summed E-state index contributed by atoms with van der Waals surface area (Å²) < 4.78 is 39.8. The Morgan fingerprint density at radius 3 is 2.55 bits per heavy atom. The Kier molecular flexibility index (Phi) is 4.52. The fraction of sp³-hybridized carbons (Fsp3) is 0.200. The van der Waals surface area contributed by atoms with Crippen molar-refractivity contribution in [1.82, 2.24) is 4.72 Å². The minimum absolute atomic E-state index is 0.236. The van der Waals surface area contributed by atoms with E-state index in [4.69, 9.17) is 0 Å². The molecule has 3 nitrogen and oxygen atoms in total. The highest BCUT2D eigenvalue weighted by Crippen LogP contribution is 2.13. The summed E-state index contributed by atoms with van der Waals surface area (Å²) in [4.78, 5) is -0.316. The molecule has 2 rings (SSSR count). The van der Waals surface area contributed by atoms with Crippen LogP contribution in [0.3, 0.4) is 0 Å². The van der Waals surface area contributed by atoms with Crippen LogP contribution in [0.5, 0.6) is 0 Å². The summed E-state index contributed by atoms with van der Waals surface area (Å²) in [6.07, 6.45) is 0.565. The molecule has 0 bridgehead atoms. The van der Waals surface area contributed by atoms with Gasteiger partial charge in [-0.3, -0.25) is 0 Å². The lowest BCUT2D eigenvalue weighted by Crippen LogP contribution is -2.26. The summed E-state index contributed by atoms with van der Waals surface area (Å²) in [5.74, 6) is -0.740. The van der Waals surface area contributed by atoms with Gasteiger partial charge in [-0.2, -0.15) is 0 Å². The van der Waals surface area contributed by atoms with Gasteiger partial charge in [0.25, 0.3) is 0 Å². The molecule has 0 amide bonds. The lowest BCUT2D eigenvalue weighted by atomic mass is 10.1. The van der Waals surface area contributed by atoms with Crippen LogP contribution < -0.4 is 4.72 Å². The number of sulfonamides is 1. The smallest absolute Gasteiger partial charge is 0.211 e. The molecule has 0 aliphatic heterocycles. The quantitative estimate of drug-likeness (QED) is 0.921. The van der Waals surface area contributed by atoms with Crippen molar-refractivity contribution in [2.24, 2.45) is 0 Å². The van der Waals surface area contributed by atoms with Gasteiger partial charge < -0.3 is 0 Å². The Balaban J connectivity index is 2.02. The highest BCUT2D eigenvalue weighted by Gasteiger charge is 2.17. The Morgan fingerprint density at radius 1 is 1.10 bits per heavy atom. The molecule has 0 aromatic heterocycles. The van der Waals surface area contributed by atoms with Crippen molar-refractivity contribution < 1.29 is 12.8 Å². The van der Waals surface area contributed by atoms with E-state index < -0.39 is 15.8 Å². The lowest BCUT2D eigenvalue weighted by molar-refractivity contribution is 0.557. The van der Waals surface area contributed by atoms with Crippen LogP contribution in [0, 0.1) is 12.7 Å². The van der Waals surface area contributed by atoms with Crippen LogP contribution in [0.25, 0.3) is 0 Å². The van der Waals surface area contributed by atoms with Crippen LogP contribution in [0.1, 0.15) is 11.1 Å². The van der Waals surface area contributed by atoms with Crippen LogP contribution in [-0.2, 0) is 16.4 Å². The van der Waals surface area contributed by atoms with Crippen molar-refractivity contribution in [2.45, 2.75) is 18.2 Å². The van der Waals surface area contributed by atoms with E-state index in [1.165, 1.54) is 18.2 Å². The Bertz CT molecular complexity index is 699. The molecule has 0 spiro atoms. The van der Waals surface area contributed by atoms with E-state index in [1.807, 2.05) is 31.2 Å². The molecule has 106 valence electrons. The first-order chi connectivity index (χ1) is 9.49. The second-order valence-electron chi connectivity index (χ2n) is 4.57. The monoisotopic (exact) mass is 293 g/mol. The number of aryl methyl sites for hydroxylation is 1. The fourth-order valence-corrected chi connectivity index (χ4v) is 3.05. The van der Waals surface area contributed by atoms with Gasteiger partial charge in [0, 0.05) is 6.54 Å². The normalized spacial score (nSPS) is 11.5. The molecule has 5 heteroatoms. The second-order valence-corrected chi connectivity index (χ2v) is 6.30. The number of hydrogen-bond acceptors (Lipinski definition) is 2. The molecule has 0 aliphatic carbocycles. The zero-order chi connectivity index (χ0) is 14.6. The van der Waals surface area contributed by atoms with E-state index in [0.29, 0.717) is 6.42 Å². The van der Waals surface area contributed by atoms with Gasteiger partial charge in [0.1, 0.15) is 10.7 Å². The average molecular weight is 293 g/mol. The molecule has 0 saturated carbocycles. The van der Waals surface area contributed by atoms with Crippen molar-refractivity contribution in [3.8, 4) is 0 Å². The molecule has 0 heterocycles. The van der Waals surface area contributed by atoms with Crippen molar-refractivity contribution in [1.29, 1.82) is 0 Å². The molecule has 1 N–H and O–H groups in total. The van der Waals surface area contributed by atoms with E-state index in [1.54, 1.807) is 0 Å². The molecule has 0 radical (unpaired) electrons. The summed E-state index contributed by atoms with van der Waals surface area (Å²) in [7, 11) is -3.80.